The van der Waals surface area contributed by atoms with Crippen LogP contribution in [0, 0.1) is 0 Å². The third-order valence-electron chi connectivity index (χ3n) is 4.02. The molecule has 0 aromatic heterocycles. The quantitative estimate of drug-likeness (QED) is 0.773. The summed E-state index contributed by atoms with van der Waals surface area (Å²) in [5, 5.41) is 0. The zero-order chi connectivity index (χ0) is 13.9. The Morgan fingerprint density at radius 3 is 2.35 bits per heavy atom. The van der Waals surface area contributed by atoms with E-state index >= 15 is 0 Å². The van der Waals surface area contributed by atoms with Gasteiger partial charge < -0.3 is 0 Å². The van der Waals surface area contributed by atoms with Crippen molar-refractivity contribution in [2.45, 2.75) is 25.4 Å². The highest BCUT2D eigenvalue weighted by atomic mass is 16.1. The number of nitrogens with zero attached hydrogens (tertiary/aromatic N) is 1. The molecule has 0 spiro atoms. The van der Waals surface area contributed by atoms with E-state index in [1.54, 1.807) is 0 Å². The first kappa shape index (κ1) is 13.1. The summed E-state index contributed by atoms with van der Waals surface area (Å²) in [5.41, 5.74) is 2.39. The van der Waals surface area contributed by atoms with Crippen molar-refractivity contribution in [1.82, 2.24) is 4.90 Å². The molecular formula is C18H19NO. The first-order valence-corrected chi connectivity index (χ1v) is 7.13. The summed E-state index contributed by atoms with van der Waals surface area (Å²) < 4.78 is 0. The molecule has 1 saturated heterocycles. The van der Waals surface area contributed by atoms with Crippen molar-refractivity contribution in [1.29, 1.82) is 0 Å². The lowest BCUT2D eigenvalue weighted by molar-refractivity contribution is -0.118. The van der Waals surface area contributed by atoms with E-state index in [2.05, 4.69) is 36.1 Å². The molecule has 0 N–H and O–H groups in total. The predicted octanol–water partition coefficient (Wildman–Crippen LogP) is 3.24. The largest absolute Gasteiger partial charge is 0.298 e. The second-order valence-corrected chi connectivity index (χ2v) is 5.43. The number of carbonyl (C=O) groups excluding carboxylic acids is 1. The van der Waals surface area contributed by atoms with Crippen LogP contribution in [0.1, 0.15) is 24.1 Å². The summed E-state index contributed by atoms with van der Waals surface area (Å²) in [6.07, 6.45) is 0.545. The average Bonchev–Trinajstić information content (AvgIpc) is 3.29. The molecule has 0 radical (unpaired) electrons. The van der Waals surface area contributed by atoms with E-state index in [0.29, 0.717) is 18.2 Å². The summed E-state index contributed by atoms with van der Waals surface area (Å²) in [6, 6.07) is 20.8. The van der Waals surface area contributed by atoms with Crippen molar-refractivity contribution in [2.75, 3.05) is 6.54 Å². The van der Waals surface area contributed by atoms with Crippen LogP contribution in [0.3, 0.4) is 0 Å². The summed E-state index contributed by atoms with van der Waals surface area (Å²) in [4.78, 5) is 14.5. The SMILES string of the molecule is CC(c1ccccc1)N1CC1C(=O)Cc1ccccc1. The van der Waals surface area contributed by atoms with Crippen molar-refractivity contribution in [3.8, 4) is 0 Å². The molecule has 0 saturated carbocycles. The normalized spacial score (nSPS) is 22.2. The molecule has 2 nitrogen and oxygen atoms in total. The molecule has 0 bridgehead atoms. The highest BCUT2D eigenvalue weighted by Crippen LogP contribution is 2.32. The van der Waals surface area contributed by atoms with Crippen molar-refractivity contribution in [2.24, 2.45) is 0 Å². The van der Waals surface area contributed by atoms with Crippen LogP contribution in [-0.2, 0) is 11.2 Å². The predicted molar refractivity (Wildman–Crippen MR) is 80.5 cm³/mol. The Morgan fingerprint density at radius 1 is 1.10 bits per heavy atom. The fourth-order valence-corrected chi connectivity index (χ4v) is 2.71. The summed E-state index contributed by atoms with van der Waals surface area (Å²) in [6.45, 7) is 3.06. The highest BCUT2D eigenvalue weighted by Gasteiger charge is 2.42. The van der Waals surface area contributed by atoms with E-state index in [0.717, 1.165) is 12.1 Å². The molecule has 1 heterocycles. The van der Waals surface area contributed by atoms with E-state index in [1.165, 1.54) is 5.56 Å². The van der Waals surface area contributed by atoms with Crippen molar-refractivity contribution in [3.63, 3.8) is 0 Å². The number of rotatable bonds is 5. The van der Waals surface area contributed by atoms with Crippen LogP contribution in [0.2, 0.25) is 0 Å². The molecule has 2 heteroatoms. The van der Waals surface area contributed by atoms with Gasteiger partial charge in [0, 0.05) is 19.0 Å². The maximum Gasteiger partial charge on any atom is 0.155 e. The second kappa shape index (κ2) is 5.59. The average molecular weight is 265 g/mol. The summed E-state index contributed by atoms with van der Waals surface area (Å²) in [7, 11) is 0. The van der Waals surface area contributed by atoms with Gasteiger partial charge in [-0.15, -0.1) is 0 Å². The van der Waals surface area contributed by atoms with E-state index in [9.17, 15) is 4.79 Å². The Morgan fingerprint density at radius 2 is 1.70 bits per heavy atom. The number of hydrogen-bond acceptors (Lipinski definition) is 2. The van der Waals surface area contributed by atoms with Gasteiger partial charge in [0.2, 0.25) is 0 Å². The molecule has 20 heavy (non-hydrogen) atoms. The van der Waals surface area contributed by atoms with Gasteiger partial charge in [0.25, 0.3) is 0 Å². The minimum Gasteiger partial charge on any atom is -0.298 e. The molecule has 1 fully saturated rings. The van der Waals surface area contributed by atoms with Crippen molar-refractivity contribution in [3.05, 3.63) is 71.8 Å². The van der Waals surface area contributed by atoms with E-state index in [1.807, 2.05) is 36.4 Å². The first-order chi connectivity index (χ1) is 9.75. The Hall–Kier alpha value is -1.93. The van der Waals surface area contributed by atoms with Gasteiger partial charge in [-0.25, -0.2) is 0 Å². The lowest BCUT2D eigenvalue weighted by Gasteiger charge is -2.14. The van der Waals surface area contributed by atoms with Gasteiger partial charge in [-0.05, 0) is 18.1 Å². The maximum absolute atomic E-state index is 12.3. The van der Waals surface area contributed by atoms with Crippen molar-refractivity contribution < 1.29 is 4.79 Å². The minimum absolute atomic E-state index is 0.102. The Balaban J connectivity index is 1.60. The Labute approximate surface area is 120 Å². The lowest BCUT2D eigenvalue weighted by atomic mass is 10.1. The van der Waals surface area contributed by atoms with Crippen LogP contribution >= 0.6 is 0 Å². The Bertz CT molecular complexity index is 579. The van der Waals surface area contributed by atoms with Gasteiger partial charge in [-0.2, -0.15) is 0 Å². The number of hydrogen-bond donors (Lipinski definition) is 0. The standard InChI is InChI=1S/C18H19NO/c1-14(16-10-6-3-7-11-16)19-13-17(19)18(20)12-15-8-4-2-5-9-15/h2-11,14,17H,12-13H2,1H3. The van der Waals surface area contributed by atoms with Gasteiger partial charge >= 0.3 is 0 Å². The van der Waals surface area contributed by atoms with Crippen LogP contribution in [0.4, 0.5) is 0 Å². The molecule has 0 aliphatic carbocycles. The Kier molecular flexibility index (Phi) is 3.66. The molecule has 3 unspecified atom stereocenters. The lowest BCUT2D eigenvalue weighted by Crippen LogP contribution is -2.17. The summed E-state index contributed by atoms with van der Waals surface area (Å²) in [5.74, 6) is 0.332. The number of Topliss-reactive ketones (excluding diaryl/α,β-unsaturated/α-hetero) is 1. The van der Waals surface area contributed by atoms with Gasteiger partial charge in [-0.3, -0.25) is 9.69 Å². The zero-order valence-electron chi connectivity index (χ0n) is 11.7. The van der Waals surface area contributed by atoms with Crippen LogP contribution in [0.5, 0.6) is 0 Å². The van der Waals surface area contributed by atoms with E-state index in [4.69, 9.17) is 0 Å². The fourth-order valence-electron chi connectivity index (χ4n) is 2.71. The first-order valence-electron chi connectivity index (χ1n) is 7.13. The van der Waals surface area contributed by atoms with Gasteiger partial charge in [0.05, 0.1) is 6.04 Å². The maximum atomic E-state index is 12.3. The van der Waals surface area contributed by atoms with Crippen LogP contribution < -0.4 is 0 Å². The molecule has 0 amide bonds. The number of carbonyl (C=O) groups is 1. The molecule has 3 atom stereocenters. The van der Waals surface area contributed by atoms with Crippen LogP contribution in [0.15, 0.2) is 60.7 Å². The van der Waals surface area contributed by atoms with E-state index < -0.39 is 0 Å². The zero-order valence-corrected chi connectivity index (χ0v) is 11.7. The third kappa shape index (κ3) is 2.81. The van der Waals surface area contributed by atoms with Crippen molar-refractivity contribution >= 4 is 5.78 Å². The number of benzene rings is 2. The molecular weight excluding hydrogens is 246 g/mol. The van der Waals surface area contributed by atoms with Gasteiger partial charge in [-0.1, -0.05) is 60.7 Å². The molecule has 2 aromatic rings. The molecule has 3 rings (SSSR count). The molecule has 1 aliphatic rings. The molecule has 1 aliphatic heterocycles. The van der Waals surface area contributed by atoms with Crippen LogP contribution in [0.25, 0.3) is 0 Å². The summed E-state index contributed by atoms with van der Waals surface area (Å²) >= 11 is 0. The van der Waals surface area contributed by atoms with Crippen LogP contribution in [-0.4, -0.2) is 23.3 Å². The fraction of sp³-hybridized carbons (Fsp3) is 0.278. The monoisotopic (exact) mass is 265 g/mol. The second-order valence-electron chi connectivity index (χ2n) is 5.43. The van der Waals surface area contributed by atoms with E-state index in [-0.39, 0.29) is 6.04 Å². The van der Waals surface area contributed by atoms with Gasteiger partial charge in [0.1, 0.15) is 0 Å². The minimum atomic E-state index is 0.102. The highest BCUT2D eigenvalue weighted by molar-refractivity contribution is 5.88. The molecule has 102 valence electrons. The smallest absolute Gasteiger partial charge is 0.155 e. The third-order valence-corrected chi connectivity index (χ3v) is 4.02. The topological polar surface area (TPSA) is 20.1 Å². The van der Waals surface area contributed by atoms with Gasteiger partial charge in [0.15, 0.2) is 5.78 Å². The molecule has 2 aromatic carbocycles. The number of ketones is 1.